The van der Waals surface area contributed by atoms with Crippen LogP contribution in [0.1, 0.15) is 17.5 Å². The first-order valence-electron chi connectivity index (χ1n) is 5.95. The topological polar surface area (TPSA) is 87.2 Å². The van der Waals surface area contributed by atoms with E-state index in [1.807, 2.05) is 0 Å². The Balaban J connectivity index is 2.40. The molecular weight excluding hydrogens is 287 g/mol. The molecule has 21 heavy (non-hydrogen) atoms. The van der Waals surface area contributed by atoms with E-state index in [9.17, 15) is 22.8 Å². The van der Waals surface area contributed by atoms with Crippen LogP contribution in [0.2, 0.25) is 0 Å². The Morgan fingerprint density at radius 3 is 2.57 bits per heavy atom. The second-order valence-electron chi connectivity index (χ2n) is 4.65. The fourth-order valence-corrected chi connectivity index (χ4v) is 2.17. The molecule has 8 heteroatoms. The molecule has 1 unspecified atom stereocenters. The van der Waals surface area contributed by atoms with Crippen LogP contribution in [0.15, 0.2) is 18.2 Å². The molecule has 1 fully saturated rings. The molecule has 110 valence electrons. The van der Waals surface area contributed by atoms with Gasteiger partial charge in [0.1, 0.15) is 6.07 Å². The van der Waals surface area contributed by atoms with Gasteiger partial charge in [-0.1, -0.05) is 0 Å². The summed E-state index contributed by atoms with van der Waals surface area (Å²) in [5.74, 6) is -1.81. The van der Waals surface area contributed by atoms with Crippen molar-refractivity contribution in [2.45, 2.75) is 12.6 Å². The lowest BCUT2D eigenvalue weighted by Crippen LogP contribution is -2.29. The highest BCUT2D eigenvalue weighted by Crippen LogP contribution is 2.34. The molecule has 0 bridgehead atoms. The fraction of sp³-hybridized carbons (Fsp3) is 0.308. The van der Waals surface area contributed by atoms with E-state index in [0.29, 0.717) is 6.07 Å². The number of halogens is 3. The predicted octanol–water partition coefficient (Wildman–Crippen LogP) is 1.42. The molecule has 2 rings (SSSR count). The average Bonchev–Trinajstić information content (AvgIpc) is 2.79. The van der Waals surface area contributed by atoms with Gasteiger partial charge in [-0.15, -0.1) is 0 Å². The molecule has 2 amide bonds. The number of hydrogen-bond donors (Lipinski definition) is 1. The van der Waals surface area contributed by atoms with E-state index in [0.717, 1.165) is 17.0 Å². The lowest BCUT2D eigenvalue weighted by atomic mass is 10.1. The van der Waals surface area contributed by atoms with Gasteiger partial charge < -0.3 is 10.6 Å². The van der Waals surface area contributed by atoms with Crippen molar-refractivity contribution in [1.29, 1.82) is 5.26 Å². The lowest BCUT2D eigenvalue weighted by molar-refractivity contribution is -0.137. The third-order valence-corrected chi connectivity index (χ3v) is 3.26. The number of nitrogens with zero attached hydrogens (tertiary/aromatic N) is 2. The average molecular weight is 297 g/mol. The third kappa shape index (κ3) is 2.81. The summed E-state index contributed by atoms with van der Waals surface area (Å²) >= 11 is 0. The molecule has 1 saturated heterocycles. The van der Waals surface area contributed by atoms with Gasteiger partial charge >= 0.3 is 6.18 Å². The van der Waals surface area contributed by atoms with Crippen molar-refractivity contribution in [2.24, 2.45) is 11.7 Å². The molecule has 1 aromatic carbocycles. The van der Waals surface area contributed by atoms with E-state index in [2.05, 4.69) is 0 Å². The Labute approximate surface area is 117 Å². The fourth-order valence-electron chi connectivity index (χ4n) is 2.17. The maximum Gasteiger partial charge on any atom is 0.416 e. The Morgan fingerprint density at radius 2 is 2.10 bits per heavy atom. The molecule has 0 saturated carbocycles. The molecule has 0 aromatic heterocycles. The largest absolute Gasteiger partial charge is 0.416 e. The van der Waals surface area contributed by atoms with Gasteiger partial charge in [-0.05, 0) is 18.2 Å². The van der Waals surface area contributed by atoms with Crippen LogP contribution in [-0.4, -0.2) is 18.4 Å². The zero-order valence-corrected chi connectivity index (χ0v) is 10.6. The van der Waals surface area contributed by atoms with Crippen LogP contribution in [0, 0.1) is 17.2 Å². The van der Waals surface area contributed by atoms with Gasteiger partial charge in [-0.3, -0.25) is 9.59 Å². The van der Waals surface area contributed by atoms with Crippen LogP contribution in [0.25, 0.3) is 0 Å². The summed E-state index contributed by atoms with van der Waals surface area (Å²) in [5, 5.41) is 8.98. The highest BCUT2D eigenvalue weighted by molar-refractivity contribution is 6.00. The second-order valence-corrected chi connectivity index (χ2v) is 4.65. The van der Waals surface area contributed by atoms with Gasteiger partial charge in [0.15, 0.2) is 0 Å². The van der Waals surface area contributed by atoms with Gasteiger partial charge in [0.25, 0.3) is 0 Å². The molecule has 1 aliphatic heterocycles. The monoisotopic (exact) mass is 297 g/mol. The third-order valence-electron chi connectivity index (χ3n) is 3.26. The molecule has 2 N–H and O–H groups in total. The number of carbonyl (C=O) groups is 2. The number of carbonyl (C=O) groups excluding carboxylic acids is 2. The van der Waals surface area contributed by atoms with Crippen molar-refractivity contribution >= 4 is 17.5 Å². The molecule has 1 heterocycles. The summed E-state index contributed by atoms with van der Waals surface area (Å²) < 4.78 is 37.8. The predicted molar refractivity (Wildman–Crippen MR) is 65.8 cm³/mol. The first kappa shape index (κ1) is 14.8. The number of amides is 2. The molecular formula is C13H10F3N3O2. The summed E-state index contributed by atoms with van der Waals surface area (Å²) in [4.78, 5) is 24.0. The van der Waals surface area contributed by atoms with E-state index in [1.165, 1.54) is 0 Å². The van der Waals surface area contributed by atoms with Crippen LogP contribution in [0.5, 0.6) is 0 Å². The Kier molecular flexibility index (Phi) is 3.60. The van der Waals surface area contributed by atoms with Crippen molar-refractivity contribution in [3.8, 4) is 6.07 Å². The normalized spacial score (nSPS) is 18.7. The number of rotatable bonds is 2. The maximum atomic E-state index is 12.6. The van der Waals surface area contributed by atoms with Gasteiger partial charge in [-0.2, -0.15) is 18.4 Å². The zero-order chi connectivity index (χ0) is 15.8. The molecule has 0 radical (unpaired) electrons. The van der Waals surface area contributed by atoms with E-state index >= 15 is 0 Å². The summed E-state index contributed by atoms with van der Waals surface area (Å²) in [6.45, 7) is -0.0335. The molecule has 1 aliphatic rings. The van der Waals surface area contributed by atoms with Crippen LogP contribution in [0.3, 0.4) is 0 Å². The molecule has 0 aliphatic carbocycles. The van der Waals surface area contributed by atoms with Crippen LogP contribution >= 0.6 is 0 Å². The van der Waals surface area contributed by atoms with E-state index in [1.54, 1.807) is 6.07 Å². The standard InChI is InChI=1S/C13H10F3N3O2/c14-13(15,16)9-1-2-10(7(3-9)5-17)19-6-8(12(18)21)4-11(19)20/h1-3,8H,4,6H2,(H2,18,21). The van der Waals surface area contributed by atoms with Gasteiger partial charge in [-0.25, -0.2) is 0 Å². The minimum atomic E-state index is -4.57. The SMILES string of the molecule is N#Cc1cc(C(F)(F)F)ccc1N1CC(C(N)=O)CC1=O. The number of nitriles is 1. The number of benzene rings is 1. The minimum Gasteiger partial charge on any atom is -0.369 e. The highest BCUT2D eigenvalue weighted by atomic mass is 19.4. The first-order valence-corrected chi connectivity index (χ1v) is 5.95. The Bertz CT molecular complexity index is 649. The van der Waals surface area contributed by atoms with Crippen molar-refractivity contribution in [2.75, 3.05) is 11.4 Å². The summed E-state index contributed by atoms with van der Waals surface area (Å²) in [5.41, 5.74) is 3.93. The van der Waals surface area contributed by atoms with Crippen molar-refractivity contribution < 1.29 is 22.8 Å². The smallest absolute Gasteiger partial charge is 0.369 e. The number of anilines is 1. The number of hydrogen-bond acceptors (Lipinski definition) is 3. The number of primary amides is 1. The quantitative estimate of drug-likeness (QED) is 0.895. The van der Waals surface area contributed by atoms with Crippen LogP contribution in [0.4, 0.5) is 18.9 Å². The van der Waals surface area contributed by atoms with Crippen molar-refractivity contribution in [3.05, 3.63) is 29.3 Å². The van der Waals surface area contributed by atoms with Crippen LogP contribution in [-0.2, 0) is 15.8 Å². The highest BCUT2D eigenvalue weighted by Gasteiger charge is 2.36. The van der Waals surface area contributed by atoms with Gasteiger partial charge in [0, 0.05) is 13.0 Å². The maximum absolute atomic E-state index is 12.6. The second kappa shape index (κ2) is 5.09. The minimum absolute atomic E-state index is 0.0335. The first-order chi connectivity index (χ1) is 9.74. The summed E-state index contributed by atoms with van der Waals surface area (Å²) in [6.07, 6.45) is -4.68. The number of alkyl halides is 3. The molecule has 1 aromatic rings. The number of nitrogens with two attached hydrogens (primary N) is 1. The van der Waals surface area contributed by atoms with E-state index < -0.39 is 29.5 Å². The summed E-state index contributed by atoms with van der Waals surface area (Å²) in [6, 6.07) is 4.17. The Hall–Kier alpha value is -2.56. The molecule has 0 spiro atoms. The van der Waals surface area contributed by atoms with Crippen molar-refractivity contribution in [1.82, 2.24) is 0 Å². The van der Waals surface area contributed by atoms with E-state index in [4.69, 9.17) is 11.0 Å². The summed E-state index contributed by atoms with van der Waals surface area (Å²) in [7, 11) is 0. The van der Waals surface area contributed by atoms with Gasteiger partial charge in [0.2, 0.25) is 11.8 Å². The molecule has 1 atom stereocenters. The lowest BCUT2D eigenvalue weighted by Gasteiger charge is -2.18. The van der Waals surface area contributed by atoms with Crippen molar-refractivity contribution in [3.63, 3.8) is 0 Å². The van der Waals surface area contributed by atoms with E-state index in [-0.39, 0.29) is 24.2 Å². The molecule has 5 nitrogen and oxygen atoms in total. The van der Waals surface area contributed by atoms with Crippen LogP contribution < -0.4 is 10.6 Å². The zero-order valence-electron chi connectivity index (χ0n) is 10.6. The van der Waals surface area contributed by atoms with Gasteiger partial charge in [0.05, 0.1) is 22.7 Å². The Morgan fingerprint density at radius 1 is 1.43 bits per heavy atom.